The summed E-state index contributed by atoms with van der Waals surface area (Å²) in [7, 11) is 8.63. The number of hydrogen-bond donors (Lipinski definition) is 1. The largest absolute Gasteiger partial charge is 0.328 e. The predicted octanol–water partition coefficient (Wildman–Crippen LogP) is 2.10. The molecule has 0 bridgehead atoms. The Morgan fingerprint density at radius 1 is 0.667 bits per heavy atom. The van der Waals surface area contributed by atoms with Gasteiger partial charge in [-0.3, -0.25) is 0 Å². The smallest absolute Gasteiger partial charge is 0.00104 e. The van der Waals surface area contributed by atoms with Crippen LogP contribution >= 0.6 is 0 Å². The van der Waals surface area contributed by atoms with E-state index in [1.54, 1.807) is 0 Å². The van der Waals surface area contributed by atoms with Crippen LogP contribution < -0.4 is 5.73 Å². The molecule has 128 valence electrons. The zero-order valence-electron chi connectivity index (χ0n) is 15.3. The minimum atomic E-state index is 0.362. The molecule has 0 aliphatic carbocycles. The molecule has 0 aliphatic heterocycles. The summed E-state index contributed by atoms with van der Waals surface area (Å²) in [6, 6.07) is 0.362. The van der Waals surface area contributed by atoms with E-state index < -0.39 is 0 Å². The third-order valence-corrected chi connectivity index (χ3v) is 3.79. The van der Waals surface area contributed by atoms with Crippen LogP contribution in [0.4, 0.5) is 0 Å². The van der Waals surface area contributed by atoms with Gasteiger partial charge in [0.05, 0.1) is 0 Å². The van der Waals surface area contributed by atoms with E-state index in [0.29, 0.717) is 6.04 Å². The fraction of sp³-hybridized carbons (Fsp3) is 1.00. The molecule has 0 rings (SSSR count). The maximum atomic E-state index is 5.80. The van der Waals surface area contributed by atoms with E-state index in [1.807, 2.05) is 0 Å². The second-order valence-corrected chi connectivity index (χ2v) is 6.98. The van der Waals surface area contributed by atoms with Crippen molar-refractivity contribution < 1.29 is 0 Å². The first kappa shape index (κ1) is 20.8. The zero-order chi connectivity index (χ0) is 16.1. The van der Waals surface area contributed by atoms with Crippen molar-refractivity contribution in [3.63, 3.8) is 0 Å². The van der Waals surface area contributed by atoms with Crippen molar-refractivity contribution in [2.24, 2.45) is 5.73 Å². The van der Waals surface area contributed by atoms with E-state index in [-0.39, 0.29) is 0 Å². The molecule has 0 spiro atoms. The third-order valence-electron chi connectivity index (χ3n) is 3.79. The summed E-state index contributed by atoms with van der Waals surface area (Å²) in [5.74, 6) is 0. The summed E-state index contributed by atoms with van der Waals surface area (Å²) in [4.78, 5) is 7.21. The first-order valence-electron chi connectivity index (χ1n) is 8.69. The highest BCUT2D eigenvalue weighted by Gasteiger charge is 2.05. The number of nitrogens with two attached hydrogens (primary N) is 1. The van der Waals surface area contributed by atoms with Gasteiger partial charge >= 0.3 is 0 Å². The van der Waals surface area contributed by atoms with E-state index in [4.69, 9.17) is 5.73 Å². The van der Waals surface area contributed by atoms with Crippen LogP contribution in [-0.4, -0.2) is 81.7 Å². The van der Waals surface area contributed by atoms with Gasteiger partial charge in [0.25, 0.3) is 0 Å². The molecule has 1 atom stereocenters. The van der Waals surface area contributed by atoms with E-state index in [1.165, 1.54) is 71.2 Å². The fourth-order valence-electron chi connectivity index (χ4n) is 2.54. The SMILES string of the molecule is CC(N)CCCCCN(CCCN(C)C)CCCN(C)C. The maximum absolute atomic E-state index is 5.80. The lowest BCUT2D eigenvalue weighted by Gasteiger charge is -2.24. The molecule has 0 aliphatic rings. The Kier molecular flexibility index (Phi) is 13.4. The zero-order valence-corrected chi connectivity index (χ0v) is 15.3. The van der Waals surface area contributed by atoms with Gasteiger partial charge in [0.1, 0.15) is 0 Å². The summed E-state index contributed by atoms with van der Waals surface area (Å²) >= 11 is 0. The summed E-state index contributed by atoms with van der Waals surface area (Å²) < 4.78 is 0. The Morgan fingerprint density at radius 2 is 1.14 bits per heavy atom. The molecule has 1 unspecified atom stereocenters. The predicted molar refractivity (Wildman–Crippen MR) is 94.9 cm³/mol. The van der Waals surface area contributed by atoms with Crippen molar-refractivity contribution in [3.05, 3.63) is 0 Å². The maximum Gasteiger partial charge on any atom is 0.00104 e. The minimum absolute atomic E-state index is 0.362. The van der Waals surface area contributed by atoms with Crippen molar-refractivity contribution in [3.8, 4) is 0 Å². The van der Waals surface area contributed by atoms with Crippen LogP contribution in [0.1, 0.15) is 45.4 Å². The lowest BCUT2D eigenvalue weighted by molar-refractivity contribution is 0.236. The lowest BCUT2D eigenvalue weighted by atomic mass is 10.1. The van der Waals surface area contributed by atoms with Crippen molar-refractivity contribution >= 4 is 0 Å². The molecule has 4 nitrogen and oxygen atoms in total. The molecule has 0 aromatic carbocycles. The Bertz CT molecular complexity index is 203. The monoisotopic (exact) mass is 300 g/mol. The Labute approximate surface area is 133 Å². The van der Waals surface area contributed by atoms with Gasteiger partial charge in [-0.25, -0.2) is 0 Å². The second-order valence-electron chi connectivity index (χ2n) is 6.98. The summed E-state index contributed by atoms with van der Waals surface area (Å²) in [5, 5.41) is 0. The van der Waals surface area contributed by atoms with Crippen LogP contribution in [0.2, 0.25) is 0 Å². The number of rotatable bonds is 14. The topological polar surface area (TPSA) is 35.7 Å². The molecular weight excluding hydrogens is 260 g/mol. The lowest BCUT2D eigenvalue weighted by Crippen LogP contribution is -2.31. The average Bonchev–Trinajstić information content (AvgIpc) is 2.36. The number of unbranched alkanes of at least 4 members (excludes halogenated alkanes) is 2. The molecule has 0 aromatic heterocycles. The van der Waals surface area contributed by atoms with Crippen LogP contribution in [-0.2, 0) is 0 Å². The van der Waals surface area contributed by atoms with Gasteiger partial charge in [0.15, 0.2) is 0 Å². The van der Waals surface area contributed by atoms with Crippen LogP contribution in [0, 0.1) is 0 Å². The van der Waals surface area contributed by atoms with Gasteiger partial charge in [-0.1, -0.05) is 12.8 Å². The molecule has 0 heterocycles. The summed E-state index contributed by atoms with van der Waals surface area (Å²) in [6.45, 7) is 8.20. The highest BCUT2D eigenvalue weighted by atomic mass is 15.1. The molecule has 0 saturated carbocycles. The molecule has 0 amide bonds. The third kappa shape index (κ3) is 16.0. The van der Waals surface area contributed by atoms with Crippen LogP contribution in [0.25, 0.3) is 0 Å². The molecule has 0 saturated heterocycles. The molecule has 0 fully saturated rings. The van der Waals surface area contributed by atoms with E-state index in [2.05, 4.69) is 49.8 Å². The Hall–Kier alpha value is -0.160. The van der Waals surface area contributed by atoms with Crippen molar-refractivity contribution in [2.75, 3.05) is 60.9 Å². The van der Waals surface area contributed by atoms with Gasteiger partial charge < -0.3 is 20.4 Å². The van der Waals surface area contributed by atoms with Crippen LogP contribution in [0.15, 0.2) is 0 Å². The normalized spacial score (nSPS) is 13.6. The highest BCUT2D eigenvalue weighted by Crippen LogP contribution is 2.05. The van der Waals surface area contributed by atoms with E-state index in [9.17, 15) is 0 Å². The quantitative estimate of drug-likeness (QED) is 0.498. The standard InChI is InChI=1S/C17H40N4/c1-17(18)11-7-6-8-14-21(15-9-12-19(2)3)16-10-13-20(4)5/h17H,6-16,18H2,1-5H3. The number of hydrogen-bond acceptors (Lipinski definition) is 4. The summed E-state index contributed by atoms with van der Waals surface area (Å²) in [6.07, 6.45) is 7.63. The van der Waals surface area contributed by atoms with Gasteiger partial charge in [-0.15, -0.1) is 0 Å². The summed E-state index contributed by atoms with van der Waals surface area (Å²) in [5.41, 5.74) is 5.80. The van der Waals surface area contributed by atoms with Crippen molar-refractivity contribution in [1.82, 2.24) is 14.7 Å². The fourth-order valence-corrected chi connectivity index (χ4v) is 2.54. The average molecular weight is 301 g/mol. The van der Waals surface area contributed by atoms with Crippen LogP contribution in [0.5, 0.6) is 0 Å². The Balaban J connectivity index is 3.82. The first-order chi connectivity index (χ1) is 9.91. The highest BCUT2D eigenvalue weighted by molar-refractivity contribution is 4.62. The Morgan fingerprint density at radius 3 is 1.57 bits per heavy atom. The van der Waals surface area contributed by atoms with E-state index >= 15 is 0 Å². The minimum Gasteiger partial charge on any atom is -0.328 e. The molecule has 0 aromatic rings. The molecule has 21 heavy (non-hydrogen) atoms. The van der Waals surface area contributed by atoms with Crippen molar-refractivity contribution in [2.45, 2.75) is 51.5 Å². The molecule has 0 radical (unpaired) electrons. The van der Waals surface area contributed by atoms with Gasteiger partial charge in [0, 0.05) is 6.04 Å². The molecule has 4 heteroatoms. The van der Waals surface area contributed by atoms with Gasteiger partial charge in [-0.05, 0) is 93.5 Å². The number of nitrogens with zero attached hydrogens (tertiary/aromatic N) is 3. The van der Waals surface area contributed by atoms with Gasteiger partial charge in [0.2, 0.25) is 0 Å². The van der Waals surface area contributed by atoms with Crippen LogP contribution in [0.3, 0.4) is 0 Å². The first-order valence-corrected chi connectivity index (χ1v) is 8.69. The van der Waals surface area contributed by atoms with Gasteiger partial charge in [-0.2, -0.15) is 0 Å². The second kappa shape index (κ2) is 13.5. The van der Waals surface area contributed by atoms with Crippen molar-refractivity contribution in [1.29, 1.82) is 0 Å². The van der Waals surface area contributed by atoms with E-state index in [0.717, 1.165) is 0 Å². The molecular formula is C17H40N4. The molecule has 2 N–H and O–H groups in total.